The van der Waals surface area contributed by atoms with Crippen molar-refractivity contribution in [3.8, 4) is 0 Å². The standard InChI is InChI=1S/C12H11N3O2/c16-11-7-13-12(17)15(11)14-10-6-5-8-3-1-2-4-9(8)10/h1-4H,5-7H2,(H,13,17). The summed E-state index contributed by atoms with van der Waals surface area (Å²) in [6, 6.07) is 7.50. The van der Waals surface area contributed by atoms with Crippen LogP contribution in [0.15, 0.2) is 29.4 Å². The first-order valence-corrected chi connectivity index (χ1v) is 5.52. The Kier molecular flexibility index (Phi) is 2.18. The molecule has 0 saturated carbocycles. The molecule has 0 bridgehead atoms. The highest BCUT2D eigenvalue weighted by molar-refractivity contribution is 6.08. The van der Waals surface area contributed by atoms with E-state index in [4.69, 9.17) is 0 Å². The van der Waals surface area contributed by atoms with E-state index in [1.54, 1.807) is 0 Å². The average Bonchev–Trinajstić information content (AvgIpc) is 2.88. The number of amides is 3. The van der Waals surface area contributed by atoms with E-state index in [9.17, 15) is 9.59 Å². The molecule has 2 aliphatic rings. The third kappa shape index (κ3) is 1.60. The lowest BCUT2D eigenvalue weighted by atomic mass is 10.1. The van der Waals surface area contributed by atoms with Crippen molar-refractivity contribution in [1.29, 1.82) is 0 Å². The van der Waals surface area contributed by atoms with Gasteiger partial charge in [-0.1, -0.05) is 24.3 Å². The lowest BCUT2D eigenvalue weighted by Gasteiger charge is -2.07. The molecule has 1 aromatic rings. The summed E-state index contributed by atoms with van der Waals surface area (Å²) in [4.78, 5) is 22.8. The van der Waals surface area contributed by atoms with Crippen molar-refractivity contribution in [3.05, 3.63) is 35.4 Å². The fraction of sp³-hybridized carbons (Fsp3) is 0.250. The molecule has 5 heteroatoms. The Labute approximate surface area is 98.1 Å². The topological polar surface area (TPSA) is 61.8 Å². The number of nitrogens with one attached hydrogen (secondary N) is 1. The number of carbonyl (C=O) groups is 2. The highest BCUT2D eigenvalue weighted by Gasteiger charge is 2.30. The van der Waals surface area contributed by atoms with E-state index in [0.29, 0.717) is 0 Å². The molecular formula is C12H11N3O2. The summed E-state index contributed by atoms with van der Waals surface area (Å²) in [5, 5.41) is 7.54. The van der Waals surface area contributed by atoms with E-state index in [2.05, 4.69) is 10.4 Å². The first kappa shape index (κ1) is 10.0. The van der Waals surface area contributed by atoms with Gasteiger partial charge in [0.1, 0.15) is 6.54 Å². The summed E-state index contributed by atoms with van der Waals surface area (Å²) in [7, 11) is 0. The predicted octanol–water partition coefficient (Wildman–Crippen LogP) is 0.889. The van der Waals surface area contributed by atoms with Crippen LogP contribution in [-0.4, -0.2) is 29.2 Å². The van der Waals surface area contributed by atoms with Crippen molar-refractivity contribution >= 4 is 17.6 Å². The second kappa shape index (κ2) is 3.69. The average molecular weight is 229 g/mol. The molecule has 1 aromatic carbocycles. The van der Waals surface area contributed by atoms with Gasteiger partial charge in [0, 0.05) is 5.56 Å². The number of aryl methyl sites for hydroxylation is 1. The van der Waals surface area contributed by atoms with E-state index < -0.39 is 6.03 Å². The molecule has 0 unspecified atom stereocenters. The van der Waals surface area contributed by atoms with Gasteiger partial charge in [0.05, 0.1) is 5.71 Å². The maximum Gasteiger partial charge on any atom is 0.345 e. The maximum atomic E-state index is 11.4. The van der Waals surface area contributed by atoms with Crippen LogP contribution in [0.3, 0.4) is 0 Å². The van der Waals surface area contributed by atoms with Crippen molar-refractivity contribution in [2.45, 2.75) is 12.8 Å². The van der Waals surface area contributed by atoms with Crippen LogP contribution in [0, 0.1) is 0 Å². The Balaban J connectivity index is 1.96. The van der Waals surface area contributed by atoms with Gasteiger partial charge in [0.15, 0.2) is 0 Å². The molecule has 0 spiro atoms. The normalized spacial score (nSPS) is 20.9. The number of carbonyl (C=O) groups excluding carboxylic acids is 2. The number of nitrogens with zero attached hydrogens (tertiary/aromatic N) is 2. The molecule has 0 aromatic heterocycles. The number of imide groups is 1. The Morgan fingerprint density at radius 3 is 2.76 bits per heavy atom. The maximum absolute atomic E-state index is 11.4. The largest absolute Gasteiger partial charge is 0.345 e. The second-order valence-electron chi connectivity index (χ2n) is 4.07. The molecule has 1 fully saturated rings. The third-order valence-corrected chi connectivity index (χ3v) is 3.00. The fourth-order valence-corrected chi connectivity index (χ4v) is 2.15. The number of rotatable bonds is 1. The van der Waals surface area contributed by atoms with Gasteiger partial charge in [-0.3, -0.25) is 4.79 Å². The van der Waals surface area contributed by atoms with Gasteiger partial charge in [-0.15, -0.1) is 5.01 Å². The van der Waals surface area contributed by atoms with Crippen LogP contribution in [0.5, 0.6) is 0 Å². The van der Waals surface area contributed by atoms with Crippen LogP contribution in [0.25, 0.3) is 0 Å². The quantitative estimate of drug-likeness (QED) is 0.727. The van der Waals surface area contributed by atoms with E-state index in [0.717, 1.165) is 29.1 Å². The van der Waals surface area contributed by atoms with Gasteiger partial charge < -0.3 is 5.32 Å². The first-order chi connectivity index (χ1) is 8.25. The minimum absolute atomic E-state index is 0.0389. The minimum atomic E-state index is -0.438. The number of benzene rings is 1. The summed E-state index contributed by atoms with van der Waals surface area (Å²) in [6.45, 7) is 0.0389. The summed E-state index contributed by atoms with van der Waals surface area (Å²) in [5.74, 6) is -0.299. The molecule has 0 radical (unpaired) electrons. The molecule has 1 saturated heterocycles. The van der Waals surface area contributed by atoms with Gasteiger partial charge >= 0.3 is 6.03 Å². The van der Waals surface area contributed by atoms with Crippen LogP contribution in [0.1, 0.15) is 17.5 Å². The van der Waals surface area contributed by atoms with Crippen LogP contribution in [0.4, 0.5) is 4.79 Å². The predicted molar refractivity (Wildman–Crippen MR) is 61.5 cm³/mol. The Morgan fingerprint density at radius 2 is 2.00 bits per heavy atom. The zero-order valence-corrected chi connectivity index (χ0v) is 9.14. The summed E-state index contributed by atoms with van der Waals surface area (Å²) >= 11 is 0. The molecule has 3 amide bonds. The van der Waals surface area contributed by atoms with Crippen LogP contribution in [-0.2, 0) is 11.2 Å². The Morgan fingerprint density at radius 1 is 1.18 bits per heavy atom. The van der Waals surface area contributed by atoms with Crippen molar-refractivity contribution < 1.29 is 9.59 Å². The molecule has 0 atom stereocenters. The molecule has 3 rings (SSSR count). The highest BCUT2D eigenvalue weighted by atomic mass is 16.2. The molecule has 1 heterocycles. The minimum Gasteiger partial charge on any atom is -0.327 e. The molecule has 1 aliphatic carbocycles. The Hall–Kier alpha value is -2.17. The van der Waals surface area contributed by atoms with Crippen molar-refractivity contribution in [3.63, 3.8) is 0 Å². The van der Waals surface area contributed by atoms with Crippen molar-refractivity contribution in [2.75, 3.05) is 6.54 Å². The molecular weight excluding hydrogens is 218 g/mol. The van der Waals surface area contributed by atoms with Crippen LogP contribution >= 0.6 is 0 Å². The zero-order valence-electron chi connectivity index (χ0n) is 9.14. The summed E-state index contributed by atoms with van der Waals surface area (Å²) in [6.07, 6.45) is 1.69. The molecule has 86 valence electrons. The molecule has 1 aliphatic heterocycles. The van der Waals surface area contributed by atoms with E-state index in [-0.39, 0.29) is 12.5 Å². The highest BCUT2D eigenvalue weighted by Crippen LogP contribution is 2.22. The molecule has 1 N–H and O–H groups in total. The van der Waals surface area contributed by atoms with Crippen molar-refractivity contribution in [1.82, 2.24) is 10.3 Å². The summed E-state index contributed by atoms with van der Waals surface area (Å²) < 4.78 is 0. The number of hydrazone groups is 1. The van der Waals surface area contributed by atoms with Gasteiger partial charge in [0.25, 0.3) is 5.91 Å². The monoisotopic (exact) mass is 229 g/mol. The zero-order chi connectivity index (χ0) is 11.8. The SMILES string of the molecule is O=C1CNC(=O)N1N=C1CCc2ccccc21. The van der Waals surface area contributed by atoms with Gasteiger partial charge in [-0.2, -0.15) is 5.10 Å². The van der Waals surface area contributed by atoms with Gasteiger partial charge in [-0.25, -0.2) is 4.79 Å². The lowest BCUT2D eigenvalue weighted by Crippen LogP contribution is -2.27. The summed E-state index contributed by atoms with van der Waals surface area (Å²) in [5.41, 5.74) is 3.07. The van der Waals surface area contributed by atoms with E-state index in [1.165, 1.54) is 5.56 Å². The van der Waals surface area contributed by atoms with Crippen LogP contribution < -0.4 is 5.32 Å². The van der Waals surface area contributed by atoms with E-state index in [1.807, 2.05) is 24.3 Å². The fourth-order valence-electron chi connectivity index (χ4n) is 2.15. The number of hydrogen-bond acceptors (Lipinski definition) is 3. The number of fused-ring (bicyclic) bond motifs is 1. The first-order valence-electron chi connectivity index (χ1n) is 5.52. The number of urea groups is 1. The van der Waals surface area contributed by atoms with Gasteiger partial charge in [-0.05, 0) is 18.4 Å². The molecule has 17 heavy (non-hydrogen) atoms. The second-order valence-corrected chi connectivity index (χ2v) is 4.07. The van der Waals surface area contributed by atoms with Crippen molar-refractivity contribution in [2.24, 2.45) is 5.10 Å². The number of hydrogen-bond donors (Lipinski definition) is 1. The molecule has 5 nitrogen and oxygen atoms in total. The van der Waals surface area contributed by atoms with E-state index >= 15 is 0 Å². The smallest absolute Gasteiger partial charge is 0.327 e. The third-order valence-electron chi connectivity index (χ3n) is 3.00. The van der Waals surface area contributed by atoms with Crippen LogP contribution in [0.2, 0.25) is 0 Å². The lowest BCUT2D eigenvalue weighted by molar-refractivity contribution is -0.124. The van der Waals surface area contributed by atoms with Gasteiger partial charge in [0.2, 0.25) is 0 Å². The Bertz CT molecular complexity index is 520.